The number of aryl methyl sites for hydroxylation is 2. The van der Waals surface area contributed by atoms with Crippen LogP contribution in [-0.4, -0.2) is 24.9 Å². The highest BCUT2D eigenvalue weighted by atomic mass is 16.2. The van der Waals surface area contributed by atoms with Gasteiger partial charge in [0.05, 0.1) is 11.4 Å². The third-order valence-electron chi connectivity index (χ3n) is 4.71. The number of benzene rings is 2. The summed E-state index contributed by atoms with van der Waals surface area (Å²) in [6.45, 7) is 5.83. The van der Waals surface area contributed by atoms with E-state index in [2.05, 4.69) is 10.2 Å². The Balaban J connectivity index is 1.94. The molecule has 1 saturated heterocycles. The molecule has 1 aliphatic heterocycles. The van der Waals surface area contributed by atoms with Gasteiger partial charge in [-0.15, -0.1) is 0 Å². The molecule has 0 radical (unpaired) electrons. The molecule has 3 rings (SSSR count). The van der Waals surface area contributed by atoms with E-state index in [4.69, 9.17) is 5.73 Å². The van der Waals surface area contributed by atoms with Gasteiger partial charge in [0, 0.05) is 24.2 Å². The van der Waals surface area contributed by atoms with Crippen molar-refractivity contribution in [3.05, 3.63) is 58.7 Å². The summed E-state index contributed by atoms with van der Waals surface area (Å²) in [7, 11) is 0. The van der Waals surface area contributed by atoms with Crippen molar-refractivity contribution in [3.63, 3.8) is 0 Å². The molecule has 0 atom stereocenters. The second-order valence-corrected chi connectivity index (χ2v) is 6.97. The van der Waals surface area contributed by atoms with Crippen molar-refractivity contribution in [1.82, 2.24) is 0 Å². The van der Waals surface area contributed by atoms with E-state index in [1.165, 1.54) is 6.42 Å². The Morgan fingerprint density at radius 2 is 1.58 bits per heavy atom. The number of nitrogens with one attached hydrogen (secondary N) is 1. The van der Waals surface area contributed by atoms with Gasteiger partial charge in [-0.05, 0) is 63.4 Å². The van der Waals surface area contributed by atoms with Crippen molar-refractivity contribution < 1.29 is 9.59 Å². The van der Waals surface area contributed by atoms with Gasteiger partial charge in [-0.25, -0.2) is 0 Å². The number of anilines is 2. The molecule has 0 bridgehead atoms. The molecule has 1 heterocycles. The van der Waals surface area contributed by atoms with Crippen LogP contribution in [-0.2, 0) is 0 Å². The fourth-order valence-corrected chi connectivity index (χ4v) is 3.50. The Morgan fingerprint density at radius 3 is 2.19 bits per heavy atom. The maximum atomic E-state index is 12.8. The summed E-state index contributed by atoms with van der Waals surface area (Å²) in [4.78, 5) is 26.6. The molecule has 2 aromatic rings. The van der Waals surface area contributed by atoms with Gasteiger partial charge >= 0.3 is 0 Å². The Morgan fingerprint density at radius 1 is 0.923 bits per heavy atom. The fraction of sp³-hybridized carbons (Fsp3) is 0.333. The van der Waals surface area contributed by atoms with Crippen LogP contribution in [0, 0.1) is 13.8 Å². The summed E-state index contributed by atoms with van der Waals surface area (Å²) in [6.07, 6.45) is 3.48. The smallest absolute Gasteiger partial charge is 0.255 e. The number of piperidine rings is 1. The normalized spacial score (nSPS) is 14.2. The molecule has 1 fully saturated rings. The third kappa shape index (κ3) is 4.04. The number of amides is 2. The molecule has 0 saturated carbocycles. The predicted octanol–water partition coefficient (Wildman–Crippen LogP) is 3.64. The molecule has 136 valence electrons. The number of carbonyl (C=O) groups excluding carboxylic acids is 2. The molecule has 5 nitrogen and oxygen atoms in total. The van der Waals surface area contributed by atoms with Crippen molar-refractivity contribution in [2.75, 3.05) is 23.3 Å². The summed E-state index contributed by atoms with van der Waals surface area (Å²) in [5.41, 5.74) is 10.1. The first kappa shape index (κ1) is 18.0. The molecule has 2 amide bonds. The van der Waals surface area contributed by atoms with E-state index in [1.807, 2.05) is 38.1 Å². The number of hydrogen-bond donors (Lipinski definition) is 2. The van der Waals surface area contributed by atoms with Gasteiger partial charge in [0.1, 0.15) is 0 Å². The first-order valence-corrected chi connectivity index (χ1v) is 9.02. The van der Waals surface area contributed by atoms with Crippen LogP contribution in [0.5, 0.6) is 0 Å². The van der Waals surface area contributed by atoms with E-state index in [9.17, 15) is 9.59 Å². The van der Waals surface area contributed by atoms with Crippen molar-refractivity contribution in [1.29, 1.82) is 0 Å². The summed E-state index contributed by atoms with van der Waals surface area (Å²) in [5.74, 6) is -0.686. The highest BCUT2D eigenvalue weighted by molar-refractivity contribution is 6.07. The number of rotatable bonds is 4. The Labute approximate surface area is 154 Å². The summed E-state index contributed by atoms with van der Waals surface area (Å²) >= 11 is 0. The van der Waals surface area contributed by atoms with Gasteiger partial charge in [-0.3, -0.25) is 9.59 Å². The average molecular weight is 351 g/mol. The van der Waals surface area contributed by atoms with Crippen molar-refractivity contribution in [3.8, 4) is 0 Å². The van der Waals surface area contributed by atoms with Gasteiger partial charge < -0.3 is 16.0 Å². The molecular weight excluding hydrogens is 326 g/mol. The van der Waals surface area contributed by atoms with Gasteiger partial charge in [0.15, 0.2) is 0 Å². The van der Waals surface area contributed by atoms with Crippen LogP contribution in [0.1, 0.15) is 51.1 Å². The van der Waals surface area contributed by atoms with Crippen LogP contribution in [0.2, 0.25) is 0 Å². The van der Waals surface area contributed by atoms with E-state index < -0.39 is 5.91 Å². The Kier molecular flexibility index (Phi) is 5.26. The molecule has 0 unspecified atom stereocenters. The van der Waals surface area contributed by atoms with Gasteiger partial charge in [-0.1, -0.05) is 17.2 Å². The van der Waals surface area contributed by atoms with E-state index in [0.717, 1.165) is 42.7 Å². The van der Waals surface area contributed by atoms with Crippen molar-refractivity contribution in [2.24, 2.45) is 5.73 Å². The van der Waals surface area contributed by atoms with E-state index in [-0.39, 0.29) is 5.91 Å². The minimum atomic E-state index is -0.503. The summed E-state index contributed by atoms with van der Waals surface area (Å²) < 4.78 is 0. The largest absolute Gasteiger partial charge is 0.370 e. The molecule has 0 aromatic heterocycles. The molecule has 0 aliphatic carbocycles. The first-order chi connectivity index (χ1) is 12.4. The van der Waals surface area contributed by atoms with Crippen LogP contribution in [0.25, 0.3) is 0 Å². The SMILES string of the molecule is Cc1cc(C)cc(C(=O)Nc2cc(C(N)=O)ccc2N2CCCCC2)c1. The zero-order chi connectivity index (χ0) is 18.7. The monoisotopic (exact) mass is 351 g/mol. The van der Waals surface area contributed by atoms with E-state index in [0.29, 0.717) is 16.8 Å². The molecule has 5 heteroatoms. The maximum absolute atomic E-state index is 12.8. The van der Waals surface area contributed by atoms with Crippen LogP contribution in [0.15, 0.2) is 36.4 Å². The van der Waals surface area contributed by atoms with Crippen LogP contribution >= 0.6 is 0 Å². The molecule has 3 N–H and O–H groups in total. The highest BCUT2D eigenvalue weighted by Crippen LogP contribution is 2.30. The summed E-state index contributed by atoms with van der Waals surface area (Å²) in [5, 5.41) is 2.99. The molecule has 1 aliphatic rings. The topological polar surface area (TPSA) is 75.4 Å². The quantitative estimate of drug-likeness (QED) is 0.883. The maximum Gasteiger partial charge on any atom is 0.255 e. The second-order valence-electron chi connectivity index (χ2n) is 6.97. The predicted molar refractivity (Wildman–Crippen MR) is 105 cm³/mol. The van der Waals surface area contributed by atoms with Crippen molar-refractivity contribution in [2.45, 2.75) is 33.1 Å². The lowest BCUT2D eigenvalue weighted by Gasteiger charge is -2.30. The first-order valence-electron chi connectivity index (χ1n) is 9.02. The van der Waals surface area contributed by atoms with E-state index >= 15 is 0 Å². The number of nitrogens with two attached hydrogens (primary N) is 1. The number of nitrogens with zero attached hydrogens (tertiary/aromatic N) is 1. The fourth-order valence-electron chi connectivity index (χ4n) is 3.50. The van der Waals surface area contributed by atoms with Crippen LogP contribution < -0.4 is 16.0 Å². The van der Waals surface area contributed by atoms with E-state index in [1.54, 1.807) is 12.1 Å². The third-order valence-corrected chi connectivity index (χ3v) is 4.71. The molecule has 0 spiro atoms. The lowest BCUT2D eigenvalue weighted by atomic mass is 10.1. The lowest BCUT2D eigenvalue weighted by Crippen LogP contribution is -2.30. The zero-order valence-corrected chi connectivity index (χ0v) is 15.3. The zero-order valence-electron chi connectivity index (χ0n) is 15.3. The lowest BCUT2D eigenvalue weighted by molar-refractivity contribution is 0.0996. The van der Waals surface area contributed by atoms with Gasteiger partial charge in [-0.2, -0.15) is 0 Å². The molecule has 2 aromatic carbocycles. The highest BCUT2D eigenvalue weighted by Gasteiger charge is 2.18. The average Bonchev–Trinajstić information content (AvgIpc) is 2.61. The number of carbonyl (C=O) groups is 2. The molecule has 26 heavy (non-hydrogen) atoms. The van der Waals surface area contributed by atoms with Crippen LogP contribution in [0.3, 0.4) is 0 Å². The number of hydrogen-bond acceptors (Lipinski definition) is 3. The number of primary amides is 1. The van der Waals surface area contributed by atoms with Crippen molar-refractivity contribution >= 4 is 23.2 Å². The second kappa shape index (κ2) is 7.60. The van der Waals surface area contributed by atoms with Gasteiger partial charge in [0.2, 0.25) is 5.91 Å². The Bertz CT molecular complexity index is 819. The molecular formula is C21H25N3O2. The van der Waals surface area contributed by atoms with Gasteiger partial charge in [0.25, 0.3) is 5.91 Å². The minimum Gasteiger partial charge on any atom is -0.370 e. The minimum absolute atomic E-state index is 0.184. The summed E-state index contributed by atoms with van der Waals surface area (Å²) in [6, 6.07) is 11.0. The standard InChI is InChI=1S/C21H25N3O2/c1-14-10-15(2)12-17(11-14)21(26)23-18-13-16(20(22)25)6-7-19(18)24-8-4-3-5-9-24/h6-7,10-13H,3-5,8-9H2,1-2H3,(H2,22,25)(H,23,26). The van der Waals surface area contributed by atoms with Crippen LogP contribution in [0.4, 0.5) is 11.4 Å². The Hall–Kier alpha value is -2.82.